The Morgan fingerprint density at radius 1 is 1.50 bits per heavy atom. The Hall–Kier alpha value is -0.300. The molecule has 1 rings (SSSR count). The number of Topliss-reactive ketones (excluding diaryl/α,β-unsaturated/α-hetero) is 1. The summed E-state index contributed by atoms with van der Waals surface area (Å²) in [6.45, 7) is 3.76. The van der Waals surface area contributed by atoms with E-state index in [9.17, 15) is 4.79 Å². The molecule has 1 saturated carbocycles. The van der Waals surface area contributed by atoms with Crippen molar-refractivity contribution >= 4 is 17.4 Å². The van der Waals surface area contributed by atoms with Crippen LogP contribution in [-0.2, 0) is 4.79 Å². The predicted molar refractivity (Wildman–Crippen MR) is 51.4 cm³/mol. The molecular formula is C10H15ClO. The average Bonchev–Trinajstić information content (AvgIpc) is 2.16. The van der Waals surface area contributed by atoms with Crippen molar-refractivity contribution in [3.8, 4) is 0 Å². The third-order valence-corrected chi connectivity index (χ3v) is 2.93. The lowest BCUT2D eigenvalue weighted by Crippen LogP contribution is -2.26. The number of carbonyl (C=O) groups is 1. The van der Waals surface area contributed by atoms with E-state index in [0.717, 1.165) is 19.3 Å². The minimum atomic E-state index is 0.161. The molecule has 0 spiro atoms. The fraction of sp³-hybridized carbons (Fsp3) is 0.700. The summed E-state index contributed by atoms with van der Waals surface area (Å²) in [5.74, 6) is 0.898. The summed E-state index contributed by atoms with van der Waals surface area (Å²) in [4.78, 5) is 11.4. The highest BCUT2D eigenvalue weighted by atomic mass is 35.5. The number of hydrogen-bond donors (Lipinski definition) is 0. The van der Waals surface area contributed by atoms with Gasteiger partial charge in [-0.25, -0.2) is 0 Å². The molecule has 1 fully saturated rings. The number of hydrogen-bond acceptors (Lipinski definition) is 1. The van der Waals surface area contributed by atoms with Gasteiger partial charge in [0.2, 0.25) is 0 Å². The number of ketones is 1. The molecule has 0 radical (unpaired) electrons. The van der Waals surface area contributed by atoms with Gasteiger partial charge in [-0.2, -0.15) is 0 Å². The van der Waals surface area contributed by atoms with Gasteiger partial charge in [-0.15, -0.1) is 18.2 Å². The fourth-order valence-corrected chi connectivity index (χ4v) is 2.14. The fourth-order valence-electron chi connectivity index (χ4n) is 1.94. The first-order chi connectivity index (χ1) is 5.79. The Labute approximate surface area is 78.8 Å². The van der Waals surface area contributed by atoms with Gasteiger partial charge in [0.25, 0.3) is 0 Å². The summed E-state index contributed by atoms with van der Waals surface area (Å²) in [5.41, 5.74) is 0. The van der Waals surface area contributed by atoms with Crippen LogP contribution < -0.4 is 0 Å². The van der Waals surface area contributed by atoms with Crippen LogP contribution in [0.25, 0.3) is 0 Å². The average molecular weight is 187 g/mol. The molecule has 12 heavy (non-hydrogen) atoms. The molecule has 0 aromatic rings. The van der Waals surface area contributed by atoms with Gasteiger partial charge in [-0.3, -0.25) is 4.79 Å². The van der Waals surface area contributed by atoms with Crippen LogP contribution in [0, 0.1) is 11.8 Å². The molecule has 0 heterocycles. The number of rotatable bonds is 3. The van der Waals surface area contributed by atoms with Gasteiger partial charge >= 0.3 is 0 Å². The third-order valence-electron chi connectivity index (χ3n) is 2.67. The van der Waals surface area contributed by atoms with Gasteiger partial charge in [0.1, 0.15) is 0 Å². The summed E-state index contributed by atoms with van der Waals surface area (Å²) < 4.78 is 0. The van der Waals surface area contributed by atoms with E-state index in [-0.39, 0.29) is 17.6 Å². The lowest BCUT2D eigenvalue weighted by atomic mass is 9.77. The van der Waals surface area contributed by atoms with Crippen molar-refractivity contribution in [1.29, 1.82) is 0 Å². The van der Waals surface area contributed by atoms with E-state index < -0.39 is 0 Å². The van der Waals surface area contributed by atoms with Gasteiger partial charge in [0.15, 0.2) is 5.78 Å². The molecule has 2 heteroatoms. The van der Waals surface area contributed by atoms with E-state index in [2.05, 4.69) is 6.58 Å². The van der Waals surface area contributed by atoms with Gasteiger partial charge < -0.3 is 0 Å². The van der Waals surface area contributed by atoms with Crippen LogP contribution in [-0.4, -0.2) is 11.7 Å². The van der Waals surface area contributed by atoms with Crippen molar-refractivity contribution < 1.29 is 4.79 Å². The maximum atomic E-state index is 11.4. The molecule has 0 aromatic carbocycles. The van der Waals surface area contributed by atoms with Crippen LogP contribution in [0.5, 0.6) is 0 Å². The quantitative estimate of drug-likeness (QED) is 0.490. The SMILES string of the molecule is C=C[C@H]1CCCC[C@@H]1C(=O)CCl. The largest absolute Gasteiger partial charge is 0.298 e. The maximum Gasteiger partial charge on any atom is 0.151 e. The van der Waals surface area contributed by atoms with E-state index in [4.69, 9.17) is 11.6 Å². The van der Waals surface area contributed by atoms with Crippen molar-refractivity contribution in [3.63, 3.8) is 0 Å². The summed E-state index contributed by atoms with van der Waals surface area (Å²) in [7, 11) is 0. The highest BCUT2D eigenvalue weighted by Crippen LogP contribution is 2.31. The van der Waals surface area contributed by atoms with Gasteiger partial charge in [0.05, 0.1) is 5.88 Å². The highest BCUT2D eigenvalue weighted by molar-refractivity contribution is 6.27. The van der Waals surface area contributed by atoms with Crippen LogP contribution in [0.15, 0.2) is 12.7 Å². The van der Waals surface area contributed by atoms with E-state index in [0.29, 0.717) is 5.92 Å². The summed E-state index contributed by atoms with van der Waals surface area (Å²) in [5, 5.41) is 0. The molecule has 1 aliphatic rings. The van der Waals surface area contributed by atoms with E-state index in [1.54, 1.807) is 0 Å². The highest BCUT2D eigenvalue weighted by Gasteiger charge is 2.27. The molecule has 0 N–H and O–H groups in total. The van der Waals surface area contributed by atoms with Gasteiger partial charge in [0, 0.05) is 5.92 Å². The minimum Gasteiger partial charge on any atom is -0.298 e. The minimum absolute atomic E-state index is 0.161. The number of carbonyl (C=O) groups excluding carboxylic acids is 1. The molecule has 1 aliphatic carbocycles. The van der Waals surface area contributed by atoms with E-state index in [1.807, 2.05) is 6.08 Å². The summed E-state index contributed by atoms with van der Waals surface area (Å²) in [6, 6.07) is 0. The van der Waals surface area contributed by atoms with E-state index >= 15 is 0 Å². The Morgan fingerprint density at radius 2 is 2.17 bits per heavy atom. The zero-order valence-electron chi connectivity index (χ0n) is 7.26. The first-order valence-electron chi connectivity index (χ1n) is 4.51. The number of alkyl halides is 1. The summed E-state index contributed by atoms with van der Waals surface area (Å²) in [6.07, 6.45) is 6.41. The molecule has 2 atom stereocenters. The topological polar surface area (TPSA) is 17.1 Å². The smallest absolute Gasteiger partial charge is 0.151 e. The standard InChI is InChI=1S/C10H15ClO/c1-2-8-5-3-4-6-9(8)10(12)7-11/h2,8-9H,1,3-7H2/t8-,9-/m0/s1. The normalized spacial score (nSPS) is 29.8. The molecule has 0 aliphatic heterocycles. The molecule has 68 valence electrons. The third kappa shape index (κ3) is 2.10. The second-order valence-electron chi connectivity index (χ2n) is 3.39. The Morgan fingerprint density at radius 3 is 2.75 bits per heavy atom. The van der Waals surface area contributed by atoms with Crippen LogP contribution in [0.1, 0.15) is 25.7 Å². The molecule has 1 nitrogen and oxygen atoms in total. The molecule has 0 aromatic heterocycles. The first-order valence-corrected chi connectivity index (χ1v) is 5.04. The lowest BCUT2D eigenvalue weighted by Gasteiger charge is -2.27. The van der Waals surface area contributed by atoms with Crippen molar-refractivity contribution in [2.75, 3.05) is 5.88 Å². The lowest BCUT2D eigenvalue weighted by molar-refractivity contribution is -0.122. The zero-order chi connectivity index (χ0) is 8.97. The number of halogens is 1. The molecule has 0 amide bonds. The first kappa shape index (κ1) is 9.79. The molecule has 0 saturated heterocycles. The second kappa shape index (κ2) is 4.66. The van der Waals surface area contributed by atoms with Crippen molar-refractivity contribution in [2.45, 2.75) is 25.7 Å². The maximum absolute atomic E-state index is 11.4. The Bertz CT molecular complexity index is 177. The van der Waals surface area contributed by atoms with Crippen LogP contribution in [0.3, 0.4) is 0 Å². The second-order valence-corrected chi connectivity index (χ2v) is 3.66. The molecule has 0 bridgehead atoms. The van der Waals surface area contributed by atoms with Crippen molar-refractivity contribution in [1.82, 2.24) is 0 Å². The van der Waals surface area contributed by atoms with Gasteiger partial charge in [-0.05, 0) is 18.8 Å². The Balaban J connectivity index is 2.58. The molecular weight excluding hydrogens is 172 g/mol. The number of allylic oxidation sites excluding steroid dienone is 1. The molecule has 0 unspecified atom stereocenters. The van der Waals surface area contributed by atoms with Crippen LogP contribution >= 0.6 is 11.6 Å². The van der Waals surface area contributed by atoms with Gasteiger partial charge in [-0.1, -0.05) is 18.9 Å². The van der Waals surface area contributed by atoms with E-state index in [1.165, 1.54) is 6.42 Å². The predicted octanol–water partition coefficient (Wildman–Crippen LogP) is 2.79. The Kier molecular flexibility index (Phi) is 3.80. The van der Waals surface area contributed by atoms with Crippen LogP contribution in [0.4, 0.5) is 0 Å². The monoisotopic (exact) mass is 186 g/mol. The van der Waals surface area contributed by atoms with Crippen molar-refractivity contribution in [3.05, 3.63) is 12.7 Å². The van der Waals surface area contributed by atoms with Crippen LogP contribution in [0.2, 0.25) is 0 Å². The summed E-state index contributed by atoms with van der Waals surface area (Å²) >= 11 is 5.52. The zero-order valence-corrected chi connectivity index (χ0v) is 8.02. The van der Waals surface area contributed by atoms with Crippen molar-refractivity contribution in [2.24, 2.45) is 11.8 Å².